The summed E-state index contributed by atoms with van der Waals surface area (Å²) in [4.78, 5) is 97.2. The highest BCUT2D eigenvalue weighted by Gasteiger charge is 2.92. The van der Waals surface area contributed by atoms with Gasteiger partial charge in [-0.2, -0.15) is 0 Å². The summed E-state index contributed by atoms with van der Waals surface area (Å²) in [5.74, 6) is -1.98. The molecule has 0 unspecified atom stereocenters. The number of fused-ring (bicyclic) bond motifs is 14. The van der Waals surface area contributed by atoms with Crippen LogP contribution in [-0.4, -0.2) is 109 Å². The normalized spacial score (nSPS) is 29.7. The van der Waals surface area contributed by atoms with E-state index in [1.54, 1.807) is 120 Å². The summed E-state index contributed by atoms with van der Waals surface area (Å²) >= 11 is 0. The second kappa shape index (κ2) is 23.8. The van der Waals surface area contributed by atoms with E-state index in [0.717, 1.165) is 12.8 Å². The second-order valence-corrected chi connectivity index (χ2v) is 30.3. The van der Waals surface area contributed by atoms with Crippen molar-refractivity contribution < 1.29 is 52.2 Å². The number of anilines is 6. The number of nitrogens with one attached hydrogen (secondary N) is 8. The Bertz CT molecular complexity index is 3850. The van der Waals surface area contributed by atoms with Gasteiger partial charge in [-0.15, -0.1) is 0 Å². The lowest BCUT2D eigenvalue weighted by atomic mass is 9.15. The average molecular weight is 1300 g/mol. The summed E-state index contributed by atoms with van der Waals surface area (Å²) in [5, 5.41) is 23.8. The zero-order valence-corrected chi connectivity index (χ0v) is 56.7. The Kier molecular flexibility index (Phi) is 16.3. The van der Waals surface area contributed by atoms with Crippen molar-refractivity contribution in [1.82, 2.24) is 28.9 Å². The molecule has 4 aromatic heterocycles. The number of nitrogens with zero attached hydrogens (tertiary/aromatic N) is 4. The number of urea groups is 1. The lowest BCUT2D eigenvalue weighted by Crippen LogP contribution is -2.90. The number of aromatic nitrogens is 4. The van der Waals surface area contributed by atoms with Crippen LogP contribution in [0.15, 0.2) is 97.6 Å². The van der Waals surface area contributed by atoms with E-state index < -0.39 is 67.0 Å². The molecule has 2 aromatic carbocycles. The van der Waals surface area contributed by atoms with Crippen LogP contribution in [0.5, 0.6) is 0 Å². The molecule has 6 aromatic rings. The number of hydrogen-bond donors (Lipinski definition) is 8. The zero-order valence-electron chi connectivity index (χ0n) is 56.7. The van der Waals surface area contributed by atoms with E-state index in [1.165, 1.54) is 12.1 Å². The van der Waals surface area contributed by atoms with Crippen LogP contribution >= 0.6 is 0 Å². The van der Waals surface area contributed by atoms with E-state index in [1.807, 2.05) is 12.1 Å². The Balaban J connectivity index is 0.768. The molecular formula is C70H88B2N12O11. The van der Waals surface area contributed by atoms with Gasteiger partial charge in [0, 0.05) is 76.2 Å². The van der Waals surface area contributed by atoms with Gasteiger partial charge in [-0.1, -0.05) is 79.7 Å². The van der Waals surface area contributed by atoms with E-state index in [9.17, 15) is 33.6 Å². The van der Waals surface area contributed by atoms with Crippen molar-refractivity contribution >= 4 is 89.8 Å². The largest absolute Gasteiger partial charge is 0.481 e. The number of amides is 8. The molecule has 5 saturated carbocycles. The molecule has 21 bridgehead atoms. The summed E-state index contributed by atoms with van der Waals surface area (Å²) < 4.78 is 35.3. The molecule has 8 amide bonds. The minimum absolute atomic E-state index is 0.0373. The molecule has 7 fully saturated rings. The number of aryl methyl sites for hydroxylation is 4. The van der Waals surface area contributed by atoms with E-state index in [-0.39, 0.29) is 99.6 Å². The molecule has 3 aliphatic heterocycles. The van der Waals surface area contributed by atoms with Crippen LogP contribution < -0.4 is 42.5 Å². The Morgan fingerprint density at radius 2 is 0.789 bits per heavy atom. The molecule has 2 saturated heterocycles. The fourth-order valence-electron chi connectivity index (χ4n) is 19.1. The highest BCUT2D eigenvalue weighted by Crippen LogP contribution is 2.90. The Hall–Kier alpha value is -8.38. The summed E-state index contributed by atoms with van der Waals surface area (Å²) in [6.45, 7) is 22.6. The van der Waals surface area contributed by atoms with Crippen molar-refractivity contribution in [3.05, 3.63) is 131 Å². The third kappa shape index (κ3) is 11.4. The van der Waals surface area contributed by atoms with Crippen molar-refractivity contribution in [1.29, 1.82) is 0 Å². The highest BCUT2D eigenvalue weighted by molar-refractivity contribution is 6.48. The van der Waals surface area contributed by atoms with E-state index in [4.69, 9.17) is 18.6 Å². The third-order valence-corrected chi connectivity index (χ3v) is 22.0. The fraction of sp³-hybridized carbons (Fsp3) is 0.500. The molecule has 14 rings (SSSR count). The van der Waals surface area contributed by atoms with Crippen LogP contribution in [0.3, 0.4) is 0 Å². The van der Waals surface area contributed by atoms with Gasteiger partial charge in [0.25, 0.3) is 23.6 Å². The maximum Gasteiger partial charge on any atom is 0.481 e. The fourth-order valence-corrected chi connectivity index (χ4v) is 19.1. The Morgan fingerprint density at radius 3 is 1.13 bits per heavy atom. The van der Waals surface area contributed by atoms with Gasteiger partial charge < -0.3 is 79.4 Å². The maximum absolute atomic E-state index is 14.3. The van der Waals surface area contributed by atoms with Crippen molar-refractivity contribution in [2.24, 2.45) is 79.9 Å². The molecule has 500 valence electrons. The van der Waals surface area contributed by atoms with Crippen molar-refractivity contribution in [2.75, 3.05) is 31.9 Å². The topological polar surface area (TPSA) is 272 Å². The SMILES string of the molecule is CC(C)C[C@@H]1NC(=O)Cc2cccc(c2)NC(=O)c2cc(cn2C)NC(=O)c2cc(cn2C)NC(=O)Nc2cc(n(C)c2)C(=O)Nc2cc(n(C)c2)C(=O)Nc2cccc(c2)CC(=O)N[C@@H](CC(C)C)B2O[C@@H]3C[C@H]4C(C)(C)[C@@H](C45[C@H]4C[C@H]6OB1O[C@@]6(C)[C@H]5C4(C)C)[C@]3(C)O2. The van der Waals surface area contributed by atoms with Crippen LogP contribution in [0, 0.1) is 51.8 Å². The monoisotopic (exact) mass is 1290 g/mol. The summed E-state index contributed by atoms with van der Waals surface area (Å²) in [6.07, 6.45) is 8.92. The quantitative estimate of drug-likeness (QED) is 0.0770. The lowest BCUT2D eigenvalue weighted by molar-refractivity contribution is -0.447. The first kappa shape index (κ1) is 65.3. The number of hydrogen-bond acceptors (Lipinski definition) is 11. The van der Waals surface area contributed by atoms with Gasteiger partial charge in [0.15, 0.2) is 0 Å². The van der Waals surface area contributed by atoms with Crippen molar-refractivity contribution in [3.63, 3.8) is 0 Å². The molecule has 1 spiro atoms. The predicted octanol–water partition coefficient (Wildman–Crippen LogP) is 9.60. The van der Waals surface area contributed by atoms with Gasteiger partial charge in [0.1, 0.15) is 22.8 Å². The van der Waals surface area contributed by atoms with Gasteiger partial charge >= 0.3 is 20.3 Å². The van der Waals surface area contributed by atoms with Crippen molar-refractivity contribution in [2.45, 2.75) is 143 Å². The first-order chi connectivity index (χ1) is 44.8. The van der Waals surface area contributed by atoms with E-state index >= 15 is 0 Å². The molecule has 25 heteroatoms. The molecule has 95 heavy (non-hydrogen) atoms. The summed E-state index contributed by atoms with van der Waals surface area (Å²) in [7, 11) is 5.31. The Morgan fingerprint density at radius 1 is 0.463 bits per heavy atom. The second-order valence-electron chi connectivity index (χ2n) is 30.3. The number of rotatable bonds is 4. The molecule has 10 atom stereocenters. The lowest BCUT2D eigenvalue weighted by Gasteiger charge is -2.90. The smallest absolute Gasteiger partial charge is 0.404 e. The molecule has 8 N–H and O–H groups in total. The van der Waals surface area contributed by atoms with Crippen LogP contribution in [-0.2, 0) is 69.2 Å². The van der Waals surface area contributed by atoms with Crippen LogP contribution in [0.2, 0.25) is 0 Å². The van der Waals surface area contributed by atoms with Crippen LogP contribution in [0.1, 0.15) is 148 Å². The van der Waals surface area contributed by atoms with Crippen LogP contribution in [0.25, 0.3) is 0 Å². The van der Waals surface area contributed by atoms with E-state index in [2.05, 4.69) is 112 Å². The molecule has 0 radical (unpaired) electrons. The molecule has 8 aliphatic rings. The Labute approximate surface area is 554 Å². The van der Waals surface area contributed by atoms with Gasteiger partial charge in [0.05, 0.1) is 70.9 Å². The minimum Gasteiger partial charge on any atom is -0.404 e. The van der Waals surface area contributed by atoms with E-state index in [0.29, 0.717) is 69.9 Å². The molecule has 7 heterocycles. The minimum atomic E-state index is -0.695. The number of carbonyl (C=O) groups is 7. The van der Waals surface area contributed by atoms with Gasteiger partial charge in [-0.25, -0.2) is 4.79 Å². The van der Waals surface area contributed by atoms with Gasteiger partial charge in [0.2, 0.25) is 11.8 Å². The third-order valence-electron chi connectivity index (χ3n) is 22.0. The summed E-state index contributed by atoms with van der Waals surface area (Å²) in [5.41, 5.74) is 2.90. The molecule has 23 nitrogen and oxygen atoms in total. The summed E-state index contributed by atoms with van der Waals surface area (Å²) in [6, 6.07) is 19.8. The standard InChI is InChI=1S/C70H88B2N12O11/c1-37(2)21-55-71-92-53-31-51-66(5,6)63(68(53,9)94-71)70(51)52-32-54-69(10,64(70)67(52,7)8)95-72(93-54)56(22-38(3)4)80-58(86)26-40-18-16-20-42(24-40)74-60(88)48-28-44(34-82(48)12)76-62(90)50-30-46(36-84(50)14)78-65(91)77-45-29-49(83(13)35-45)61(89)75-43-27-47(81(11)33-43)59(87)73-41-19-15-17-39(23-41)25-57(85)79-55/h15-20,23-24,27-30,33-38,51-56,63-64H,21-22,25-26,31-32H2,1-14H3,(H,73,87)(H,74,88)(H,75,89)(H,76,90)(H,79,85)(H,80,86)(H2,77,78,91)/t51-,52-,53+,54+,55-,56-,63+,64+,68+,69+,70?/m0/s1. The zero-order chi connectivity index (χ0) is 67.7. The average Bonchev–Trinajstić information content (AvgIpc) is 1.57. The first-order valence-corrected chi connectivity index (χ1v) is 33.3. The van der Waals surface area contributed by atoms with Gasteiger partial charge in [-0.05, 0) is 139 Å². The van der Waals surface area contributed by atoms with Crippen molar-refractivity contribution in [3.8, 4) is 0 Å². The van der Waals surface area contributed by atoms with Crippen LogP contribution in [0.4, 0.5) is 38.9 Å². The number of carbonyl (C=O) groups excluding carboxylic acids is 7. The highest BCUT2D eigenvalue weighted by atomic mass is 16.7. The molecular weight excluding hydrogens is 1210 g/mol. The number of benzene rings is 2. The van der Waals surface area contributed by atoms with Gasteiger partial charge in [-0.3, -0.25) is 28.8 Å². The predicted molar refractivity (Wildman–Crippen MR) is 363 cm³/mol. The first-order valence-electron chi connectivity index (χ1n) is 33.3. The molecule has 5 aliphatic carbocycles. The maximum atomic E-state index is 14.3.